The van der Waals surface area contributed by atoms with Gasteiger partial charge in [-0.3, -0.25) is 14.5 Å². The van der Waals surface area contributed by atoms with E-state index in [-0.39, 0.29) is 18.1 Å². The van der Waals surface area contributed by atoms with Crippen molar-refractivity contribution in [2.45, 2.75) is 56.8 Å². The Kier molecular flexibility index (Phi) is 9.95. The molecule has 0 saturated carbocycles. The topological polar surface area (TPSA) is 97.3 Å². The standard InChI is InChI=1S/C29H37FN2O6/c1-36-23-10-7-20(8-11-23)25(33)5-3-2-4-6-28(34)31-24(19-32-14-13-22(30)18-32)29(35)21-9-12-26-27(17-21)38-16-15-37-26/h7-12,17,22,24,29,35H,2-6,13-16,18-19H2,1H3,(H,31,34)/t22?,24?,29-/m1/s1. The van der Waals surface area contributed by atoms with Crippen LogP contribution in [0.25, 0.3) is 0 Å². The third-order valence-electron chi connectivity index (χ3n) is 7.02. The summed E-state index contributed by atoms with van der Waals surface area (Å²) in [5.41, 5.74) is 1.25. The Hall–Kier alpha value is -3.17. The molecule has 0 radical (unpaired) electrons. The SMILES string of the molecule is COc1ccc(C(=O)CCCCCC(=O)NC(CN2CCC(F)C2)[C@H](O)c2ccc3c(c2)OCCO3)cc1. The molecule has 2 heterocycles. The molecule has 9 heteroatoms. The van der Waals surface area contributed by atoms with Crippen molar-refractivity contribution in [3.05, 3.63) is 53.6 Å². The number of hydrogen-bond acceptors (Lipinski definition) is 7. The highest BCUT2D eigenvalue weighted by molar-refractivity contribution is 5.96. The van der Waals surface area contributed by atoms with Gasteiger partial charge in [0, 0.05) is 38.0 Å². The van der Waals surface area contributed by atoms with E-state index in [2.05, 4.69) is 5.32 Å². The highest BCUT2D eigenvalue weighted by Crippen LogP contribution is 2.33. The molecule has 2 unspecified atom stereocenters. The van der Waals surface area contributed by atoms with Crippen molar-refractivity contribution in [3.8, 4) is 17.2 Å². The third kappa shape index (κ3) is 7.68. The Morgan fingerprint density at radius 3 is 2.53 bits per heavy atom. The van der Waals surface area contributed by atoms with Crippen LogP contribution in [-0.4, -0.2) is 73.9 Å². The Bertz CT molecular complexity index is 1080. The van der Waals surface area contributed by atoms with Gasteiger partial charge in [0.2, 0.25) is 5.91 Å². The van der Waals surface area contributed by atoms with Gasteiger partial charge in [-0.2, -0.15) is 0 Å². The van der Waals surface area contributed by atoms with Crippen LogP contribution in [0.2, 0.25) is 0 Å². The second kappa shape index (κ2) is 13.6. The summed E-state index contributed by atoms with van der Waals surface area (Å²) in [6.45, 7) is 2.14. The quantitative estimate of drug-likeness (QED) is 0.301. The number of likely N-dealkylation sites (tertiary alicyclic amines) is 1. The highest BCUT2D eigenvalue weighted by Gasteiger charge is 2.30. The number of methoxy groups -OCH3 is 1. The first kappa shape index (κ1) is 27.9. The average molecular weight is 529 g/mol. The number of ether oxygens (including phenoxy) is 3. The van der Waals surface area contributed by atoms with Gasteiger partial charge in [-0.25, -0.2) is 4.39 Å². The first-order chi connectivity index (χ1) is 18.4. The van der Waals surface area contributed by atoms with E-state index in [1.165, 1.54) is 0 Å². The number of hydrogen-bond donors (Lipinski definition) is 2. The zero-order valence-corrected chi connectivity index (χ0v) is 21.9. The minimum atomic E-state index is -0.990. The van der Waals surface area contributed by atoms with Gasteiger partial charge in [0.1, 0.15) is 31.2 Å². The second-order valence-electron chi connectivity index (χ2n) is 9.88. The number of aliphatic hydroxyl groups excluding tert-OH is 1. The van der Waals surface area contributed by atoms with Crippen LogP contribution in [0.1, 0.15) is 60.6 Å². The van der Waals surface area contributed by atoms with Crippen LogP contribution in [0.5, 0.6) is 17.2 Å². The van der Waals surface area contributed by atoms with Crippen molar-refractivity contribution in [2.75, 3.05) is 40.0 Å². The number of carbonyl (C=O) groups is 2. The molecule has 2 aliphatic heterocycles. The number of ketones is 1. The van der Waals surface area contributed by atoms with Crippen molar-refractivity contribution in [2.24, 2.45) is 0 Å². The van der Waals surface area contributed by atoms with Gasteiger partial charge in [0.05, 0.1) is 13.2 Å². The van der Waals surface area contributed by atoms with Crippen LogP contribution in [0.15, 0.2) is 42.5 Å². The predicted octanol–water partition coefficient (Wildman–Crippen LogP) is 3.86. The smallest absolute Gasteiger partial charge is 0.220 e. The van der Waals surface area contributed by atoms with Crippen LogP contribution >= 0.6 is 0 Å². The van der Waals surface area contributed by atoms with Crippen LogP contribution in [0.4, 0.5) is 4.39 Å². The number of aliphatic hydroxyl groups is 1. The van der Waals surface area contributed by atoms with E-state index in [0.29, 0.717) is 86.9 Å². The normalized spacial score (nSPS) is 18.6. The molecule has 0 aromatic heterocycles. The highest BCUT2D eigenvalue weighted by atomic mass is 19.1. The zero-order valence-electron chi connectivity index (χ0n) is 21.9. The molecule has 2 aliphatic rings. The summed E-state index contributed by atoms with van der Waals surface area (Å²) in [6.07, 6.45) is 1.33. The molecule has 0 aliphatic carbocycles. The molecular formula is C29H37FN2O6. The maximum atomic E-state index is 13.8. The molecule has 1 amide bonds. The van der Waals surface area contributed by atoms with E-state index >= 15 is 0 Å². The number of unbranched alkanes of at least 4 members (excludes halogenated alkanes) is 2. The van der Waals surface area contributed by atoms with E-state index in [1.54, 1.807) is 49.6 Å². The van der Waals surface area contributed by atoms with Gasteiger partial charge in [-0.15, -0.1) is 0 Å². The first-order valence-corrected chi connectivity index (χ1v) is 13.3. The molecule has 0 spiro atoms. The van der Waals surface area contributed by atoms with Crippen LogP contribution in [0.3, 0.4) is 0 Å². The van der Waals surface area contributed by atoms with Crippen molar-refractivity contribution >= 4 is 11.7 Å². The third-order valence-corrected chi connectivity index (χ3v) is 7.02. The van der Waals surface area contributed by atoms with E-state index < -0.39 is 18.3 Å². The Labute approximate surface area is 223 Å². The van der Waals surface area contributed by atoms with Gasteiger partial charge >= 0.3 is 0 Å². The Balaban J connectivity index is 1.27. The van der Waals surface area contributed by atoms with Crippen molar-refractivity contribution in [1.29, 1.82) is 0 Å². The molecule has 206 valence electrons. The van der Waals surface area contributed by atoms with E-state index in [1.807, 2.05) is 4.90 Å². The lowest BCUT2D eigenvalue weighted by molar-refractivity contribution is -0.123. The number of benzene rings is 2. The van der Waals surface area contributed by atoms with Gasteiger partial charge < -0.3 is 24.6 Å². The Morgan fingerprint density at radius 1 is 1.08 bits per heavy atom. The average Bonchev–Trinajstić information content (AvgIpc) is 3.36. The number of amides is 1. The van der Waals surface area contributed by atoms with Crippen molar-refractivity contribution in [1.82, 2.24) is 10.2 Å². The van der Waals surface area contributed by atoms with Crippen molar-refractivity contribution in [3.63, 3.8) is 0 Å². The largest absolute Gasteiger partial charge is 0.497 e. The maximum absolute atomic E-state index is 13.8. The molecular weight excluding hydrogens is 491 g/mol. The zero-order chi connectivity index (χ0) is 26.9. The number of halogens is 1. The fourth-order valence-corrected chi connectivity index (χ4v) is 4.88. The number of nitrogens with one attached hydrogen (secondary N) is 1. The number of Topliss-reactive ketones (excluding diaryl/α,β-unsaturated/α-hetero) is 1. The monoisotopic (exact) mass is 528 g/mol. The number of alkyl halides is 1. The molecule has 2 N–H and O–H groups in total. The lowest BCUT2D eigenvalue weighted by Gasteiger charge is -2.29. The fraction of sp³-hybridized carbons (Fsp3) is 0.517. The summed E-state index contributed by atoms with van der Waals surface area (Å²) >= 11 is 0. The summed E-state index contributed by atoms with van der Waals surface area (Å²) in [7, 11) is 1.58. The maximum Gasteiger partial charge on any atom is 0.220 e. The predicted molar refractivity (Wildman–Crippen MR) is 141 cm³/mol. The van der Waals surface area contributed by atoms with E-state index in [0.717, 1.165) is 6.42 Å². The first-order valence-electron chi connectivity index (χ1n) is 13.3. The van der Waals surface area contributed by atoms with Crippen LogP contribution in [0, 0.1) is 0 Å². The van der Waals surface area contributed by atoms with Gasteiger partial charge in [-0.05, 0) is 61.2 Å². The summed E-state index contributed by atoms with van der Waals surface area (Å²) in [6, 6.07) is 11.7. The van der Waals surface area contributed by atoms with Gasteiger partial charge in [0.15, 0.2) is 17.3 Å². The molecule has 2 aromatic rings. The fourth-order valence-electron chi connectivity index (χ4n) is 4.88. The van der Waals surface area contributed by atoms with E-state index in [4.69, 9.17) is 14.2 Å². The number of carbonyl (C=O) groups excluding carboxylic acids is 2. The number of fused-ring (bicyclic) bond motifs is 1. The second-order valence-corrected chi connectivity index (χ2v) is 9.88. The number of nitrogens with zero attached hydrogens (tertiary/aromatic N) is 1. The minimum absolute atomic E-state index is 0.0662. The van der Waals surface area contributed by atoms with Crippen LogP contribution < -0.4 is 19.5 Å². The molecule has 0 bridgehead atoms. The molecule has 3 atom stereocenters. The number of rotatable bonds is 13. The van der Waals surface area contributed by atoms with Gasteiger partial charge in [0.25, 0.3) is 0 Å². The molecule has 38 heavy (non-hydrogen) atoms. The molecule has 1 fully saturated rings. The lowest BCUT2D eigenvalue weighted by atomic mass is 10.00. The summed E-state index contributed by atoms with van der Waals surface area (Å²) in [4.78, 5) is 27.1. The van der Waals surface area contributed by atoms with E-state index in [9.17, 15) is 19.1 Å². The molecule has 1 saturated heterocycles. The molecule has 2 aromatic carbocycles. The summed E-state index contributed by atoms with van der Waals surface area (Å²) in [5, 5.41) is 14.2. The molecule has 8 nitrogen and oxygen atoms in total. The summed E-state index contributed by atoms with van der Waals surface area (Å²) < 4.78 is 30.1. The van der Waals surface area contributed by atoms with Crippen molar-refractivity contribution < 1.29 is 33.3 Å². The molecule has 4 rings (SSSR count). The van der Waals surface area contributed by atoms with Crippen LogP contribution in [-0.2, 0) is 4.79 Å². The Morgan fingerprint density at radius 2 is 1.82 bits per heavy atom. The summed E-state index contributed by atoms with van der Waals surface area (Å²) in [5.74, 6) is 1.78. The van der Waals surface area contributed by atoms with Gasteiger partial charge in [-0.1, -0.05) is 12.5 Å². The minimum Gasteiger partial charge on any atom is -0.497 e. The lowest BCUT2D eigenvalue weighted by Crippen LogP contribution is -2.46.